The van der Waals surface area contributed by atoms with Gasteiger partial charge in [0, 0.05) is 31.4 Å². The molecule has 1 aromatic carbocycles. The lowest BCUT2D eigenvalue weighted by atomic mass is 9.99. The van der Waals surface area contributed by atoms with Gasteiger partial charge in [-0.15, -0.1) is 0 Å². The Hall–Kier alpha value is -2.40. The third kappa shape index (κ3) is 4.82. The SMILES string of the molecule is Cc1cccc(=O)n1CCCNC(=O)CN1CC[C@@H](c2ccccc2)C1. The number of benzene rings is 1. The average Bonchev–Trinajstić information content (AvgIpc) is 3.10. The van der Waals surface area contributed by atoms with Gasteiger partial charge in [0.15, 0.2) is 0 Å². The molecule has 1 N–H and O–H groups in total. The van der Waals surface area contributed by atoms with E-state index in [1.807, 2.05) is 19.1 Å². The number of carbonyl (C=O) groups is 1. The normalized spacial score (nSPS) is 17.3. The summed E-state index contributed by atoms with van der Waals surface area (Å²) in [6.45, 7) is 5.51. The summed E-state index contributed by atoms with van der Waals surface area (Å²) < 4.78 is 1.75. The topological polar surface area (TPSA) is 54.3 Å². The molecule has 1 amide bonds. The Morgan fingerprint density at radius 3 is 2.73 bits per heavy atom. The first-order chi connectivity index (χ1) is 12.6. The number of hydrogen-bond donors (Lipinski definition) is 1. The standard InChI is InChI=1S/C21H27N3O2/c1-17-7-5-10-21(26)24(17)13-6-12-22-20(25)16-23-14-11-19(15-23)18-8-3-2-4-9-18/h2-5,7-10,19H,6,11-16H2,1H3,(H,22,25)/t19-/m1/s1. The van der Waals surface area contributed by atoms with Crippen LogP contribution in [0.3, 0.4) is 0 Å². The van der Waals surface area contributed by atoms with Crippen LogP contribution in [0.5, 0.6) is 0 Å². The van der Waals surface area contributed by atoms with Crippen LogP contribution >= 0.6 is 0 Å². The van der Waals surface area contributed by atoms with Crippen molar-refractivity contribution in [2.75, 3.05) is 26.2 Å². The predicted octanol–water partition coefficient (Wildman–Crippen LogP) is 2.15. The Morgan fingerprint density at radius 1 is 1.15 bits per heavy atom. The molecule has 5 nitrogen and oxygen atoms in total. The van der Waals surface area contributed by atoms with E-state index in [-0.39, 0.29) is 11.5 Å². The number of pyridine rings is 1. The zero-order valence-electron chi connectivity index (χ0n) is 15.4. The van der Waals surface area contributed by atoms with Gasteiger partial charge in [-0.2, -0.15) is 0 Å². The molecule has 0 aliphatic carbocycles. The largest absolute Gasteiger partial charge is 0.355 e. The van der Waals surface area contributed by atoms with Gasteiger partial charge in [-0.25, -0.2) is 0 Å². The molecular formula is C21H27N3O2. The maximum atomic E-state index is 12.2. The van der Waals surface area contributed by atoms with Crippen LogP contribution in [0.25, 0.3) is 0 Å². The van der Waals surface area contributed by atoms with Crippen molar-refractivity contribution in [3.05, 3.63) is 70.1 Å². The van der Waals surface area contributed by atoms with E-state index in [0.717, 1.165) is 31.6 Å². The fourth-order valence-electron chi connectivity index (χ4n) is 3.61. The van der Waals surface area contributed by atoms with Gasteiger partial charge in [0.1, 0.15) is 0 Å². The van der Waals surface area contributed by atoms with Crippen molar-refractivity contribution in [2.45, 2.75) is 32.2 Å². The lowest BCUT2D eigenvalue weighted by Crippen LogP contribution is -2.36. The Balaban J connectivity index is 1.38. The van der Waals surface area contributed by atoms with Crippen molar-refractivity contribution < 1.29 is 4.79 Å². The van der Waals surface area contributed by atoms with Gasteiger partial charge in [0.25, 0.3) is 5.56 Å². The number of nitrogens with zero attached hydrogens (tertiary/aromatic N) is 2. The molecule has 5 heteroatoms. The van der Waals surface area contributed by atoms with Crippen molar-refractivity contribution in [3.8, 4) is 0 Å². The van der Waals surface area contributed by atoms with Crippen LogP contribution in [0.1, 0.15) is 30.0 Å². The molecule has 1 aliphatic rings. The number of amides is 1. The smallest absolute Gasteiger partial charge is 0.250 e. The van der Waals surface area contributed by atoms with Crippen LogP contribution in [0.2, 0.25) is 0 Å². The number of aryl methyl sites for hydroxylation is 1. The second-order valence-electron chi connectivity index (χ2n) is 6.99. The van der Waals surface area contributed by atoms with Gasteiger partial charge in [-0.3, -0.25) is 14.5 Å². The highest BCUT2D eigenvalue weighted by atomic mass is 16.2. The van der Waals surface area contributed by atoms with Gasteiger partial charge in [-0.1, -0.05) is 36.4 Å². The van der Waals surface area contributed by atoms with Gasteiger partial charge < -0.3 is 9.88 Å². The summed E-state index contributed by atoms with van der Waals surface area (Å²) >= 11 is 0. The van der Waals surface area contributed by atoms with Crippen LogP contribution in [-0.4, -0.2) is 41.6 Å². The molecule has 1 saturated heterocycles. The van der Waals surface area contributed by atoms with Gasteiger partial charge >= 0.3 is 0 Å². The van der Waals surface area contributed by atoms with Crippen LogP contribution in [0.15, 0.2) is 53.3 Å². The van der Waals surface area contributed by atoms with E-state index in [4.69, 9.17) is 0 Å². The quantitative estimate of drug-likeness (QED) is 0.776. The highest BCUT2D eigenvalue weighted by molar-refractivity contribution is 5.78. The number of carbonyl (C=O) groups excluding carboxylic acids is 1. The molecule has 1 aliphatic heterocycles. The summed E-state index contributed by atoms with van der Waals surface area (Å²) in [5, 5.41) is 2.98. The summed E-state index contributed by atoms with van der Waals surface area (Å²) in [6.07, 6.45) is 1.86. The lowest BCUT2D eigenvalue weighted by Gasteiger charge is -2.16. The fraction of sp³-hybridized carbons (Fsp3) is 0.429. The third-order valence-electron chi connectivity index (χ3n) is 5.06. The number of nitrogens with one attached hydrogen (secondary N) is 1. The molecule has 2 heterocycles. The molecule has 0 saturated carbocycles. The first kappa shape index (κ1) is 18.4. The highest BCUT2D eigenvalue weighted by Gasteiger charge is 2.24. The number of likely N-dealkylation sites (tertiary alicyclic amines) is 1. The molecule has 1 atom stereocenters. The fourth-order valence-corrected chi connectivity index (χ4v) is 3.61. The van der Waals surface area contributed by atoms with Crippen molar-refractivity contribution >= 4 is 5.91 Å². The van der Waals surface area contributed by atoms with E-state index in [1.165, 1.54) is 5.56 Å². The van der Waals surface area contributed by atoms with Gasteiger partial charge in [0.05, 0.1) is 6.54 Å². The molecule has 1 aromatic heterocycles. The average molecular weight is 353 g/mol. The number of aromatic nitrogens is 1. The maximum absolute atomic E-state index is 12.2. The molecule has 0 unspecified atom stereocenters. The van der Waals surface area contributed by atoms with E-state index in [1.54, 1.807) is 16.7 Å². The van der Waals surface area contributed by atoms with E-state index in [2.05, 4.69) is 34.5 Å². The minimum atomic E-state index is 0.0142. The maximum Gasteiger partial charge on any atom is 0.250 e. The van der Waals surface area contributed by atoms with Crippen molar-refractivity contribution in [3.63, 3.8) is 0 Å². The van der Waals surface area contributed by atoms with E-state index in [0.29, 0.717) is 25.6 Å². The molecule has 0 spiro atoms. The van der Waals surface area contributed by atoms with Gasteiger partial charge in [-0.05, 0) is 43.9 Å². The summed E-state index contributed by atoms with van der Waals surface area (Å²) in [5.74, 6) is 0.591. The monoisotopic (exact) mass is 353 g/mol. The van der Waals surface area contributed by atoms with E-state index < -0.39 is 0 Å². The molecule has 0 radical (unpaired) electrons. The summed E-state index contributed by atoms with van der Waals surface area (Å²) in [6, 6.07) is 15.8. The Kier molecular flexibility index (Phi) is 6.23. The lowest BCUT2D eigenvalue weighted by molar-refractivity contribution is -0.122. The number of hydrogen-bond acceptors (Lipinski definition) is 3. The molecular weight excluding hydrogens is 326 g/mol. The number of rotatable bonds is 7. The first-order valence-corrected chi connectivity index (χ1v) is 9.34. The van der Waals surface area contributed by atoms with Crippen LogP contribution in [-0.2, 0) is 11.3 Å². The van der Waals surface area contributed by atoms with E-state index in [9.17, 15) is 9.59 Å². The summed E-state index contributed by atoms with van der Waals surface area (Å²) in [7, 11) is 0. The second-order valence-corrected chi connectivity index (χ2v) is 6.99. The predicted molar refractivity (Wildman–Crippen MR) is 103 cm³/mol. The Bertz CT molecular complexity index is 785. The summed E-state index contributed by atoms with van der Waals surface area (Å²) in [4.78, 5) is 26.2. The molecule has 26 heavy (non-hydrogen) atoms. The molecule has 138 valence electrons. The molecule has 3 rings (SSSR count). The van der Waals surface area contributed by atoms with Crippen LogP contribution in [0.4, 0.5) is 0 Å². The van der Waals surface area contributed by atoms with Gasteiger partial charge in [0.2, 0.25) is 5.91 Å². The first-order valence-electron chi connectivity index (χ1n) is 9.34. The molecule has 0 bridgehead atoms. The second kappa shape index (κ2) is 8.81. The van der Waals surface area contributed by atoms with Crippen molar-refractivity contribution in [1.82, 2.24) is 14.8 Å². The Labute approximate surface area is 154 Å². The minimum Gasteiger partial charge on any atom is -0.355 e. The van der Waals surface area contributed by atoms with Crippen LogP contribution < -0.4 is 10.9 Å². The minimum absolute atomic E-state index is 0.0142. The Morgan fingerprint density at radius 2 is 1.96 bits per heavy atom. The van der Waals surface area contributed by atoms with Crippen molar-refractivity contribution in [1.29, 1.82) is 0 Å². The van der Waals surface area contributed by atoms with Crippen molar-refractivity contribution in [2.24, 2.45) is 0 Å². The zero-order valence-corrected chi connectivity index (χ0v) is 15.4. The zero-order chi connectivity index (χ0) is 18.4. The highest BCUT2D eigenvalue weighted by Crippen LogP contribution is 2.26. The molecule has 1 fully saturated rings. The third-order valence-corrected chi connectivity index (χ3v) is 5.06. The van der Waals surface area contributed by atoms with E-state index >= 15 is 0 Å². The summed E-state index contributed by atoms with van der Waals surface area (Å²) in [5.41, 5.74) is 2.33. The van der Waals surface area contributed by atoms with Crippen LogP contribution in [0, 0.1) is 6.92 Å². The molecule has 2 aromatic rings.